The number of hydrogen-bond donors (Lipinski definition) is 2. The van der Waals surface area contributed by atoms with Gasteiger partial charge >= 0.3 is 0 Å². The van der Waals surface area contributed by atoms with Crippen LogP contribution in [0.25, 0.3) is 0 Å². The molecule has 0 saturated carbocycles. The maximum atomic E-state index is 11.9. The molecule has 1 amide bonds. The quantitative estimate of drug-likeness (QED) is 0.681. The Labute approximate surface area is 110 Å². The fourth-order valence-electron chi connectivity index (χ4n) is 2.28. The SMILES string of the molecule is C#CCN1CCC(C(=O)NCC(O)CCC)CC1. The summed E-state index contributed by atoms with van der Waals surface area (Å²) in [6.45, 7) is 4.84. The van der Waals surface area contributed by atoms with Crippen LogP contribution in [-0.2, 0) is 4.79 Å². The van der Waals surface area contributed by atoms with Crippen LogP contribution < -0.4 is 5.32 Å². The van der Waals surface area contributed by atoms with E-state index in [0.29, 0.717) is 13.1 Å². The van der Waals surface area contributed by atoms with Gasteiger partial charge in [0.05, 0.1) is 12.6 Å². The molecule has 102 valence electrons. The maximum Gasteiger partial charge on any atom is 0.223 e. The lowest BCUT2D eigenvalue weighted by atomic mass is 9.96. The summed E-state index contributed by atoms with van der Waals surface area (Å²) in [6.07, 6.45) is 8.23. The van der Waals surface area contributed by atoms with Gasteiger partial charge in [0, 0.05) is 12.5 Å². The van der Waals surface area contributed by atoms with E-state index in [-0.39, 0.29) is 11.8 Å². The Balaban J connectivity index is 2.22. The fourth-order valence-corrected chi connectivity index (χ4v) is 2.28. The van der Waals surface area contributed by atoms with Crippen molar-refractivity contribution in [2.45, 2.75) is 38.7 Å². The molecular weight excluding hydrogens is 228 g/mol. The predicted octanol–water partition coefficient (Wildman–Crippen LogP) is 0.609. The number of nitrogens with zero attached hydrogens (tertiary/aromatic N) is 1. The minimum Gasteiger partial charge on any atom is -0.391 e. The van der Waals surface area contributed by atoms with Crippen LogP contribution in [0.4, 0.5) is 0 Å². The van der Waals surface area contributed by atoms with Crippen LogP contribution in [0.2, 0.25) is 0 Å². The highest BCUT2D eigenvalue weighted by Gasteiger charge is 2.24. The molecule has 1 fully saturated rings. The summed E-state index contributed by atoms with van der Waals surface area (Å²) in [5, 5.41) is 12.4. The minimum absolute atomic E-state index is 0.0745. The number of terminal acetylenes is 1. The molecule has 0 spiro atoms. The van der Waals surface area contributed by atoms with E-state index in [0.717, 1.165) is 38.8 Å². The van der Waals surface area contributed by atoms with Crippen LogP contribution >= 0.6 is 0 Å². The number of carbonyl (C=O) groups is 1. The van der Waals surface area contributed by atoms with Gasteiger partial charge in [-0.15, -0.1) is 6.42 Å². The highest BCUT2D eigenvalue weighted by atomic mass is 16.3. The van der Waals surface area contributed by atoms with Gasteiger partial charge in [0.25, 0.3) is 0 Å². The predicted molar refractivity (Wildman–Crippen MR) is 71.9 cm³/mol. The first-order valence-electron chi connectivity index (χ1n) is 6.79. The van der Waals surface area contributed by atoms with Crippen LogP contribution in [0.5, 0.6) is 0 Å². The normalized spacial score (nSPS) is 19.2. The van der Waals surface area contributed by atoms with E-state index in [1.807, 2.05) is 6.92 Å². The van der Waals surface area contributed by atoms with Crippen molar-refractivity contribution in [2.75, 3.05) is 26.2 Å². The standard InChI is InChI=1S/C14H24N2O2/c1-3-5-13(17)11-15-14(18)12-6-9-16(8-4-2)10-7-12/h2,12-13,17H,3,5-11H2,1H3,(H,15,18). The van der Waals surface area contributed by atoms with Crippen LogP contribution in [0, 0.1) is 18.3 Å². The number of piperidine rings is 1. The number of aliphatic hydroxyl groups excluding tert-OH is 1. The van der Waals surface area contributed by atoms with E-state index >= 15 is 0 Å². The highest BCUT2D eigenvalue weighted by Crippen LogP contribution is 2.16. The third kappa shape index (κ3) is 5.07. The fraction of sp³-hybridized carbons (Fsp3) is 0.786. The molecule has 0 bridgehead atoms. The van der Waals surface area contributed by atoms with Crippen LogP contribution in [0.3, 0.4) is 0 Å². The molecular formula is C14H24N2O2. The first-order valence-corrected chi connectivity index (χ1v) is 6.79. The second-order valence-electron chi connectivity index (χ2n) is 4.94. The van der Waals surface area contributed by atoms with Gasteiger partial charge in [-0.1, -0.05) is 19.3 Å². The molecule has 1 unspecified atom stereocenters. The van der Waals surface area contributed by atoms with E-state index in [9.17, 15) is 9.90 Å². The summed E-state index contributed by atoms with van der Waals surface area (Å²) in [5.74, 6) is 2.78. The lowest BCUT2D eigenvalue weighted by molar-refractivity contribution is -0.126. The van der Waals surface area contributed by atoms with Crippen molar-refractivity contribution in [1.82, 2.24) is 10.2 Å². The average Bonchev–Trinajstić information content (AvgIpc) is 2.37. The molecule has 0 aliphatic carbocycles. The molecule has 0 aromatic carbocycles. The summed E-state index contributed by atoms with van der Waals surface area (Å²) >= 11 is 0. The average molecular weight is 252 g/mol. The number of hydrogen-bond acceptors (Lipinski definition) is 3. The van der Waals surface area contributed by atoms with Crippen molar-refractivity contribution >= 4 is 5.91 Å². The van der Waals surface area contributed by atoms with Crippen molar-refractivity contribution in [2.24, 2.45) is 5.92 Å². The van der Waals surface area contributed by atoms with Crippen LogP contribution in [-0.4, -0.2) is 48.2 Å². The Hall–Kier alpha value is -1.05. The zero-order valence-electron chi connectivity index (χ0n) is 11.2. The van der Waals surface area contributed by atoms with E-state index < -0.39 is 6.10 Å². The van der Waals surface area contributed by atoms with Gasteiger partial charge in [0.2, 0.25) is 5.91 Å². The summed E-state index contributed by atoms with van der Waals surface area (Å²) in [5.41, 5.74) is 0. The largest absolute Gasteiger partial charge is 0.391 e. The van der Waals surface area contributed by atoms with E-state index in [2.05, 4.69) is 16.1 Å². The number of carbonyl (C=O) groups excluding carboxylic acids is 1. The Morgan fingerprint density at radius 3 is 2.78 bits per heavy atom. The summed E-state index contributed by atoms with van der Waals surface area (Å²) in [4.78, 5) is 14.1. The van der Waals surface area contributed by atoms with Gasteiger partial charge in [-0.05, 0) is 32.4 Å². The molecule has 1 heterocycles. The smallest absolute Gasteiger partial charge is 0.223 e. The Morgan fingerprint density at radius 2 is 2.22 bits per heavy atom. The van der Waals surface area contributed by atoms with Crippen LogP contribution in [0.15, 0.2) is 0 Å². The first-order chi connectivity index (χ1) is 8.67. The Morgan fingerprint density at radius 1 is 1.56 bits per heavy atom. The van der Waals surface area contributed by atoms with Gasteiger partial charge < -0.3 is 10.4 Å². The lowest BCUT2D eigenvalue weighted by Gasteiger charge is -2.30. The molecule has 1 aliphatic heterocycles. The number of nitrogens with one attached hydrogen (secondary N) is 1. The van der Waals surface area contributed by atoms with Gasteiger partial charge in [-0.2, -0.15) is 0 Å². The summed E-state index contributed by atoms with van der Waals surface area (Å²) in [7, 11) is 0. The van der Waals surface area contributed by atoms with Crippen molar-refractivity contribution in [3.05, 3.63) is 0 Å². The molecule has 4 nitrogen and oxygen atoms in total. The molecule has 2 N–H and O–H groups in total. The monoisotopic (exact) mass is 252 g/mol. The Bertz CT molecular complexity index is 291. The number of amides is 1. The van der Waals surface area contributed by atoms with Gasteiger partial charge in [0.15, 0.2) is 0 Å². The Kier molecular flexibility index (Phi) is 6.77. The highest BCUT2D eigenvalue weighted by molar-refractivity contribution is 5.78. The van der Waals surface area contributed by atoms with E-state index in [1.54, 1.807) is 0 Å². The number of rotatable bonds is 6. The van der Waals surface area contributed by atoms with Crippen molar-refractivity contribution in [3.63, 3.8) is 0 Å². The molecule has 1 aliphatic rings. The molecule has 4 heteroatoms. The van der Waals surface area contributed by atoms with Crippen molar-refractivity contribution < 1.29 is 9.90 Å². The van der Waals surface area contributed by atoms with Gasteiger partial charge in [-0.3, -0.25) is 9.69 Å². The molecule has 0 radical (unpaired) electrons. The van der Waals surface area contributed by atoms with Crippen LogP contribution in [0.1, 0.15) is 32.6 Å². The topological polar surface area (TPSA) is 52.6 Å². The first kappa shape index (κ1) is 15.0. The molecule has 1 atom stereocenters. The molecule has 0 aromatic rings. The number of likely N-dealkylation sites (tertiary alicyclic amines) is 1. The molecule has 1 saturated heterocycles. The third-order valence-corrected chi connectivity index (χ3v) is 3.41. The second kappa shape index (κ2) is 8.12. The summed E-state index contributed by atoms with van der Waals surface area (Å²) in [6, 6.07) is 0. The number of aliphatic hydroxyl groups is 1. The second-order valence-corrected chi connectivity index (χ2v) is 4.94. The van der Waals surface area contributed by atoms with E-state index in [1.165, 1.54) is 0 Å². The lowest BCUT2D eigenvalue weighted by Crippen LogP contribution is -2.42. The zero-order valence-corrected chi connectivity index (χ0v) is 11.2. The molecule has 1 rings (SSSR count). The molecule has 18 heavy (non-hydrogen) atoms. The van der Waals surface area contributed by atoms with Gasteiger partial charge in [-0.25, -0.2) is 0 Å². The van der Waals surface area contributed by atoms with Crippen molar-refractivity contribution in [1.29, 1.82) is 0 Å². The summed E-state index contributed by atoms with van der Waals surface area (Å²) < 4.78 is 0. The third-order valence-electron chi connectivity index (χ3n) is 3.41. The molecule has 0 aromatic heterocycles. The van der Waals surface area contributed by atoms with Gasteiger partial charge in [0.1, 0.15) is 0 Å². The maximum absolute atomic E-state index is 11.9. The van der Waals surface area contributed by atoms with E-state index in [4.69, 9.17) is 6.42 Å². The minimum atomic E-state index is -0.416. The van der Waals surface area contributed by atoms with Crippen molar-refractivity contribution in [3.8, 4) is 12.3 Å². The zero-order chi connectivity index (χ0) is 13.4.